The third-order valence-electron chi connectivity index (χ3n) is 4.85. The van der Waals surface area contributed by atoms with E-state index in [0.717, 1.165) is 44.6 Å². The number of nitrogens with zero attached hydrogens (tertiary/aromatic N) is 4. The summed E-state index contributed by atoms with van der Waals surface area (Å²) in [6.07, 6.45) is 5.72. The molecule has 2 atom stereocenters. The fourth-order valence-electron chi connectivity index (χ4n) is 3.61. The van der Waals surface area contributed by atoms with Crippen LogP contribution in [0.25, 0.3) is 0 Å². The zero-order valence-corrected chi connectivity index (χ0v) is 13.8. The van der Waals surface area contributed by atoms with Crippen molar-refractivity contribution in [1.29, 1.82) is 0 Å². The molecule has 4 rings (SSSR count). The third-order valence-corrected chi connectivity index (χ3v) is 5.55. The largest absolute Gasteiger partial charge is 0.335 e. The number of aryl methyl sites for hydroxylation is 1. The predicted molar refractivity (Wildman–Crippen MR) is 88.1 cm³/mol. The molecule has 2 aliphatic rings. The normalized spacial score (nSPS) is 23.9. The minimum Gasteiger partial charge on any atom is -0.335 e. The van der Waals surface area contributed by atoms with Crippen LogP contribution < -0.4 is 5.32 Å². The lowest BCUT2D eigenvalue weighted by Gasteiger charge is -2.27. The van der Waals surface area contributed by atoms with Gasteiger partial charge >= 0.3 is 0 Å². The Kier molecular flexibility index (Phi) is 4.13. The maximum absolute atomic E-state index is 12.6. The number of hydrogen-bond acceptors (Lipinski definition) is 5. The summed E-state index contributed by atoms with van der Waals surface area (Å²) in [5, 5.41) is 11.9. The van der Waals surface area contributed by atoms with E-state index in [-0.39, 0.29) is 11.9 Å². The first-order chi connectivity index (χ1) is 11.3. The van der Waals surface area contributed by atoms with Gasteiger partial charge in [0.25, 0.3) is 0 Å². The topological polar surface area (TPSA) is 63.1 Å². The number of amides is 1. The molecule has 0 saturated carbocycles. The summed E-state index contributed by atoms with van der Waals surface area (Å²) in [6, 6.07) is 2.71. The summed E-state index contributed by atoms with van der Waals surface area (Å²) in [5.74, 6) is 1.26. The summed E-state index contributed by atoms with van der Waals surface area (Å²) in [6.45, 7) is 2.09. The van der Waals surface area contributed by atoms with Crippen LogP contribution in [-0.4, -0.2) is 44.7 Å². The van der Waals surface area contributed by atoms with E-state index < -0.39 is 0 Å². The molecule has 1 amide bonds. The molecule has 0 bridgehead atoms. The molecule has 2 aliphatic heterocycles. The molecule has 0 unspecified atom stereocenters. The SMILES string of the molecule is O=C(CN[C@@H]1CCc2ncnn2C1)N1CCC[C@H]1c1ccsc1. The fourth-order valence-corrected chi connectivity index (χ4v) is 4.32. The Morgan fingerprint density at radius 1 is 1.43 bits per heavy atom. The lowest BCUT2D eigenvalue weighted by atomic mass is 10.1. The van der Waals surface area contributed by atoms with Gasteiger partial charge in [-0.05, 0) is 41.7 Å². The zero-order valence-electron chi connectivity index (χ0n) is 13.0. The molecule has 0 aliphatic carbocycles. The number of hydrogen-bond donors (Lipinski definition) is 1. The number of aromatic nitrogens is 3. The quantitative estimate of drug-likeness (QED) is 0.924. The van der Waals surface area contributed by atoms with Crippen molar-refractivity contribution < 1.29 is 4.79 Å². The van der Waals surface area contributed by atoms with Crippen molar-refractivity contribution in [1.82, 2.24) is 25.0 Å². The highest BCUT2D eigenvalue weighted by Crippen LogP contribution is 2.32. The summed E-state index contributed by atoms with van der Waals surface area (Å²) in [4.78, 5) is 18.9. The van der Waals surface area contributed by atoms with Crippen LogP contribution in [0.1, 0.15) is 36.7 Å². The number of likely N-dealkylation sites (tertiary alicyclic amines) is 1. The second-order valence-electron chi connectivity index (χ2n) is 6.28. The van der Waals surface area contributed by atoms with Crippen LogP contribution in [0.2, 0.25) is 0 Å². The Bertz CT molecular complexity index is 668. The first-order valence-corrected chi connectivity index (χ1v) is 9.17. The lowest BCUT2D eigenvalue weighted by Crippen LogP contribution is -2.44. The first-order valence-electron chi connectivity index (χ1n) is 8.23. The Morgan fingerprint density at radius 2 is 2.39 bits per heavy atom. The Hall–Kier alpha value is -1.73. The Labute approximate surface area is 139 Å². The highest BCUT2D eigenvalue weighted by atomic mass is 32.1. The van der Waals surface area contributed by atoms with E-state index in [9.17, 15) is 4.79 Å². The monoisotopic (exact) mass is 331 g/mol. The van der Waals surface area contributed by atoms with E-state index in [1.807, 2.05) is 9.58 Å². The van der Waals surface area contributed by atoms with Crippen molar-refractivity contribution >= 4 is 17.2 Å². The maximum atomic E-state index is 12.6. The number of nitrogens with one attached hydrogen (secondary N) is 1. The third kappa shape index (κ3) is 3.03. The minimum atomic E-state index is 0.211. The highest BCUT2D eigenvalue weighted by molar-refractivity contribution is 7.07. The molecule has 0 radical (unpaired) electrons. The van der Waals surface area contributed by atoms with Crippen molar-refractivity contribution in [3.8, 4) is 0 Å². The Morgan fingerprint density at radius 3 is 3.26 bits per heavy atom. The van der Waals surface area contributed by atoms with E-state index in [1.165, 1.54) is 5.56 Å². The van der Waals surface area contributed by atoms with Gasteiger partial charge in [-0.25, -0.2) is 9.67 Å². The fraction of sp³-hybridized carbons (Fsp3) is 0.562. The molecule has 2 aromatic rings. The summed E-state index contributed by atoms with van der Waals surface area (Å²) >= 11 is 1.70. The predicted octanol–water partition coefficient (Wildman–Crippen LogP) is 1.61. The van der Waals surface area contributed by atoms with Gasteiger partial charge in [0.15, 0.2) is 0 Å². The average molecular weight is 331 g/mol. The second kappa shape index (κ2) is 6.41. The first kappa shape index (κ1) is 14.8. The van der Waals surface area contributed by atoms with Crippen LogP contribution >= 0.6 is 11.3 Å². The minimum absolute atomic E-state index is 0.211. The van der Waals surface area contributed by atoms with Gasteiger partial charge in [0.1, 0.15) is 12.2 Å². The average Bonchev–Trinajstić information content (AvgIpc) is 3.32. The lowest BCUT2D eigenvalue weighted by molar-refractivity contribution is -0.131. The van der Waals surface area contributed by atoms with Crippen molar-refractivity contribution in [3.05, 3.63) is 34.5 Å². The number of thiophene rings is 1. The van der Waals surface area contributed by atoms with E-state index >= 15 is 0 Å². The summed E-state index contributed by atoms with van der Waals surface area (Å²) in [7, 11) is 0. The van der Waals surface area contributed by atoms with Crippen LogP contribution in [0.15, 0.2) is 23.2 Å². The van der Waals surface area contributed by atoms with Crippen molar-refractivity contribution in [2.24, 2.45) is 0 Å². The molecular formula is C16H21N5OS. The van der Waals surface area contributed by atoms with Gasteiger partial charge in [0.2, 0.25) is 5.91 Å². The van der Waals surface area contributed by atoms with Gasteiger partial charge < -0.3 is 10.2 Å². The number of fused-ring (bicyclic) bond motifs is 1. The van der Waals surface area contributed by atoms with E-state index in [1.54, 1.807) is 17.7 Å². The van der Waals surface area contributed by atoms with Gasteiger partial charge in [0.05, 0.1) is 19.1 Å². The smallest absolute Gasteiger partial charge is 0.237 e. The van der Waals surface area contributed by atoms with E-state index in [4.69, 9.17) is 0 Å². The van der Waals surface area contributed by atoms with Crippen LogP contribution in [0, 0.1) is 0 Å². The highest BCUT2D eigenvalue weighted by Gasteiger charge is 2.30. The van der Waals surface area contributed by atoms with Crippen molar-refractivity contribution in [2.75, 3.05) is 13.1 Å². The molecular weight excluding hydrogens is 310 g/mol. The molecule has 1 fully saturated rings. The molecule has 1 N–H and O–H groups in total. The standard InChI is InChI=1S/C16H21N5OS/c22-16(20-6-1-2-14(20)12-5-7-23-10-12)8-17-13-3-4-15-18-11-19-21(15)9-13/h5,7,10-11,13-14,17H,1-4,6,8-9H2/t13-,14+/m1/s1. The van der Waals surface area contributed by atoms with Crippen LogP contribution in [0.4, 0.5) is 0 Å². The molecule has 23 heavy (non-hydrogen) atoms. The molecule has 1 saturated heterocycles. The van der Waals surface area contributed by atoms with Crippen molar-refractivity contribution in [2.45, 2.75) is 44.3 Å². The molecule has 4 heterocycles. The van der Waals surface area contributed by atoms with Crippen LogP contribution in [0.3, 0.4) is 0 Å². The summed E-state index contributed by atoms with van der Waals surface area (Å²) < 4.78 is 1.94. The summed E-state index contributed by atoms with van der Waals surface area (Å²) in [5.41, 5.74) is 1.28. The van der Waals surface area contributed by atoms with Gasteiger partial charge in [-0.1, -0.05) is 0 Å². The molecule has 0 aromatic carbocycles. The molecule has 2 aromatic heterocycles. The van der Waals surface area contributed by atoms with Gasteiger partial charge in [-0.2, -0.15) is 16.4 Å². The number of carbonyl (C=O) groups excluding carboxylic acids is 1. The maximum Gasteiger partial charge on any atom is 0.237 e. The van der Waals surface area contributed by atoms with E-state index in [2.05, 4.69) is 32.2 Å². The van der Waals surface area contributed by atoms with Gasteiger partial charge in [-0.15, -0.1) is 0 Å². The second-order valence-corrected chi connectivity index (χ2v) is 7.06. The van der Waals surface area contributed by atoms with Gasteiger partial charge in [-0.3, -0.25) is 4.79 Å². The molecule has 0 spiro atoms. The van der Waals surface area contributed by atoms with Gasteiger partial charge in [0, 0.05) is 19.0 Å². The molecule has 6 nitrogen and oxygen atoms in total. The van der Waals surface area contributed by atoms with Crippen molar-refractivity contribution in [3.63, 3.8) is 0 Å². The van der Waals surface area contributed by atoms with Crippen LogP contribution in [-0.2, 0) is 17.8 Å². The molecule has 7 heteroatoms. The number of rotatable bonds is 4. The zero-order chi connectivity index (χ0) is 15.6. The Balaban J connectivity index is 1.33. The number of carbonyl (C=O) groups is 1. The van der Waals surface area contributed by atoms with E-state index in [0.29, 0.717) is 12.6 Å². The molecule has 122 valence electrons. The van der Waals surface area contributed by atoms with Crippen LogP contribution in [0.5, 0.6) is 0 Å².